The molecule has 2 aromatic heterocycles. The Labute approximate surface area is 212 Å². The van der Waals surface area contributed by atoms with Crippen molar-refractivity contribution in [3.63, 3.8) is 0 Å². The smallest absolute Gasteiger partial charge is 0.232 e. The van der Waals surface area contributed by atoms with Crippen molar-refractivity contribution >= 4 is 22.7 Å². The molecule has 5 rings (SSSR count). The van der Waals surface area contributed by atoms with Crippen LogP contribution in [-0.2, 0) is 23.3 Å². The van der Waals surface area contributed by atoms with E-state index in [0.29, 0.717) is 45.8 Å². The number of fused-ring (bicyclic) bond motifs is 1. The number of ketones is 1. The lowest BCUT2D eigenvalue weighted by Gasteiger charge is -2.34. The van der Waals surface area contributed by atoms with E-state index in [4.69, 9.17) is 19.6 Å². The van der Waals surface area contributed by atoms with Gasteiger partial charge in [0, 0.05) is 25.0 Å². The van der Waals surface area contributed by atoms with Crippen molar-refractivity contribution < 1.29 is 23.1 Å². The van der Waals surface area contributed by atoms with Crippen LogP contribution in [0.4, 0.5) is 4.39 Å². The number of nitrogens with zero attached hydrogens (tertiary/aromatic N) is 3. The second-order valence-electron chi connectivity index (χ2n) is 9.42. The fraction of sp³-hybridized carbons (Fsp3) is 0.385. The number of benzene rings is 1. The summed E-state index contributed by atoms with van der Waals surface area (Å²) in [5.74, 6) is 0.514. The van der Waals surface area contributed by atoms with Crippen LogP contribution >= 0.6 is 11.8 Å². The van der Waals surface area contributed by atoms with Gasteiger partial charge in [-0.1, -0.05) is 17.8 Å². The number of methoxy groups -OCH3 is 1. The monoisotopic (exact) mass is 510 g/mol. The predicted molar refractivity (Wildman–Crippen MR) is 134 cm³/mol. The van der Waals surface area contributed by atoms with Crippen molar-refractivity contribution in [1.82, 2.24) is 9.97 Å². The lowest BCUT2D eigenvalue weighted by atomic mass is 9.84. The molecule has 36 heavy (non-hydrogen) atoms. The zero-order valence-electron chi connectivity index (χ0n) is 20.3. The van der Waals surface area contributed by atoms with Gasteiger partial charge in [0.2, 0.25) is 5.89 Å². The van der Waals surface area contributed by atoms with Gasteiger partial charge < -0.3 is 19.6 Å². The third kappa shape index (κ3) is 4.51. The number of thioether (sulfide) groups is 1. The molecule has 0 radical (unpaired) electrons. The minimum Gasteiger partial charge on any atom is -0.482 e. The first-order valence-electron chi connectivity index (χ1n) is 11.6. The number of amidine groups is 1. The molecule has 0 amide bonds. The van der Waals surface area contributed by atoms with Gasteiger partial charge in [-0.15, -0.1) is 0 Å². The Kier molecular flexibility index (Phi) is 6.34. The molecular formula is C26H27FN4O4S. The number of aromatic nitrogens is 2. The Hall–Kier alpha value is -3.24. The first-order valence-corrected chi connectivity index (χ1v) is 12.4. The second-order valence-corrected chi connectivity index (χ2v) is 10.9. The molecule has 1 aromatic carbocycles. The minimum absolute atomic E-state index is 0.0789. The van der Waals surface area contributed by atoms with Gasteiger partial charge in [-0.05, 0) is 49.6 Å². The van der Waals surface area contributed by atoms with Crippen LogP contribution in [-0.4, -0.2) is 39.4 Å². The Morgan fingerprint density at radius 1 is 1.33 bits per heavy atom. The Bertz CT molecular complexity index is 1330. The highest BCUT2D eigenvalue weighted by Crippen LogP contribution is 2.65. The molecule has 1 saturated carbocycles. The highest BCUT2D eigenvalue weighted by atomic mass is 32.2. The number of aliphatic imine (C=N–C) groups is 1. The number of nitrogens with two attached hydrogens (primary N) is 1. The summed E-state index contributed by atoms with van der Waals surface area (Å²) >= 11 is 1.51. The number of aryl methyl sites for hydroxylation is 1. The maximum absolute atomic E-state index is 15.1. The summed E-state index contributed by atoms with van der Waals surface area (Å²) < 4.78 is 31.1. The van der Waals surface area contributed by atoms with E-state index in [1.807, 2.05) is 6.92 Å². The van der Waals surface area contributed by atoms with Crippen LogP contribution in [0.2, 0.25) is 0 Å². The summed E-state index contributed by atoms with van der Waals surface area (Å²) in [5.41, 5.74) is 7.49. The molecule has 0 unspecified atom stereocenters. The normalized spacial score (nSPS) is 24.7. The van der Waals surface area contributed by atoms with Gasteiger partial charge in [0.1, 0.15) is 23.5 Å². The fourth-order valence-electron chi connectivity index (χ4n) is 5.06. The van der Waals surface area contributed by atoms with Crippen LogP contribution in [0.1, 0.15) is 46.4 Å². The summed E-state index contributed by atoms with van der Waals surface area (Å²) in [6.07, 6.45) is 5.43. The molecule has 3 atom stereocenters. The summed E-state index contributed by atoms with van der Waals surface area (Å²) in [5, 5.41) is 0.425. The van der Waals surface area contributed by atoms with Crippen LogP contribution < -0.4 is 10.5 Å². The van der Waals surface area contributed by atoms with Crippen molar-refractivity contribution in [1.29, 1.82) is 0 Å². The number of rotatable bonds is 9. The summed E-state index contributed by atoms with van der Waals surface area (Å²) in [6.45, 7) is 4.40. The molecule has 0 spiro atoms. The van der Waals surface area contributed by atoms with E-state index in [9.17, 15) is 4.79 Å². The van der Waals surface area contributed by atoms with Gasteiger partial charge in [-0.3, -0.25) is 9.79 Å². The van der Waals surface area contributed by atoms with E-state index < -0.39 is 5.54 Å². The molecule has 3 aromatic rings. The van der Waals surface area contributed by atoms with Crippen molar-refractivity contribution in [3.8, 4) is 5.75 Å². The quantitative estimate of drug-likeness (QED) is 0.426. The van der Waals surface area contributed by atoms with E-state index in [1.54, 1.807) is 38.4 Å². The summed E-state index contributed by atoms with van der Waals surface area (Å²) in [4.78, 5) is 26.1. The van der Waals surface area contributed by atoms with Crippen LogP contribution in [0, 0.1) is 18.7 Å². The molecule has 2 N–H and O–H groups in total. The molecule has 3 heterocycles. The predicted octanol–water partition coefficient (Wildman–Crippen LogP) is 4.20. The van der Waals surface area contributed by atoms with Gasteiger partial charge in [0.05, 0.1) is 29.3 Å². The standard InChI is InChI=1S/C26H27FN4O4S/c1-15-8-17(35-13-22-29-6-7-34-22)12-30-23(15)20(32)10-16-4-5-19(27)18(9-16)25(2)21-11-26(21,14-33-3)36-24(28)31-25/h4-9,12,21H,10-11,13-14H2,1-3H3,(H2,28,31)/t21-,25+,26+/m0/s1. The fourth-order valence-corrected chi connectivity index (χ4v) is 6.51. The third-order valence-corrected chi connectivity index (χ3v) is 8.12. The molecule has 10 heteroatoms. The number of hydrogen-bond acceptors (Lipinski definition) is 9. The maximum Gasteiger partial charge on any atom is 0.232 e. The zero-order chi connectivity index (χ0) is 25.5. The zero-order valence-corrected chi connectivity index (χ0v) is 21.1. The first kappa shape index (κ1) is 24.5. The molecule has 2 aliphatic rings. The molecule has 188 valence electrons. The summed E-state index contributed by atoms with van der Waals surface area (Å²) in [6, 6.07) is 6.51. The number of carbonyl (C=O) groups excluding carboxylic acids is 1. The lowest BCUT2D eigenvalue weighted by Crippen LogP contribution is -2.37. The van der Waals surface area contributed by atoms with Gasteiger partial charge in [-0.2, -0.15) is 0 Å². The van der Waals surface area contributed by atoms with Crippen LogP contribution in [0.15, 0.2) is 52.3 Å². The van der Waals surface area contributed by atoms with Gasteiger partial charge >= 0.3 is 0 Å². The molecule has 0 saturated heterocycles. The van der Waals surface area contributed by atoms with Gasteiger partial charge in [0.25, 0.3) is 0 Å². The largest absolute Gasteiger partial charge is 0.482 e. The molecule has 8 nitrogen and oxygen atoms in total. The number of carbonyl (C=O) groups is 1. The topological polar surface area (TPSA) is 113 Å². The van der Waals surface area contributed by atoms with Crippen LogP contribution in [0.3, 0.4) is 0 Å². The van der Waals surface area contributed by atoms with E-state index in [-0.39, 0.29) is 35.3 Å². The molecular weight excluding hydrogens is 483 g/mol. The van der Waals surface area contributed by atoms with Crippen molar-refractivity contribution in [3.05, 3.63) is 77.0 Å². The average molecular weight is 511 g/mol. The lowest BCUT2D eigenvalue weighted by molar-refractivity contribution is 0.0987. The van der Waals surface area contributed by atoms with E-state index in [2.05, 4.69) is 15.0 Å². The first-order chi connectivity index (χ1) is 17.2. The van der Waals surface area contributed by atoms with E-state index in [1.165, 1.54) is 30.3 Å². The highest BCUT2D eigenvalue weighted by Gasteiger charge is 2.66. The number of Topliss-reactive ketones (excluding diaryl/α,β-unsaturated/α-hetero) is 1. The third-order valence-electron chi connectivity index (χ3n) is 6.85. The second kappa shape index (κ2) is 9.33. The Balaban J connectivity index is 1.34. The SMILES string of the molecule is COC[C@]12C[C@H]1[C@@](C)(c1cc(CC(=O)c3ncc(OCc4ncco4)cc3C)ccc1F)N=C(N)S2. The maximum atomic E-state index is 15.1. The van der Waals surface area contributed by atoms with Gasteiger partial charge in [-0.25, -0.2) is 14.4 Å². The highest BCUT2D eigenvalue weighted by molar-refractivity contribution is 8.15. The van der Waals surface area contributed by atoms with Gasteiger partial charge in [0.15, 0.2) is 17.6 Å². The van der Waals surface area contributed by atoms with Crippen molar-refractivity contribution in [2.45, 2.75) is 43.6 Å². The van der Waals surface area contributed by atoms with Crippen molar-refractivity contribution in [2.75, 3.05) is 13.7 Å². The summed E-state index contributed by atoms with van der Waals surface area (Å²) in [7, 11) is 1.65. The number of pyridine rings is 1. The van der Waals surface area contributed by atoms with Crippen LogP contribution in [0.5, 0.6) is 5.75 Å². The molecule has 0 bridgehead atoms. The molecule has 1 fully saturated rings. The van der Waals surface area contributed by atoms with Crippen LogP contribution in [0.25, 0.3) is 0 Å². The Morgan fingerprint density at radius 3 is 2.89 bits per heavy atom. The van der Waals surface area contributed by atoms with E-state index >= 15 is 4.39 Å². The minimum atomic E-state index is -0.826. The number of ether oxygens (including phenoxy) is 2. The Morgan fingerprint density at radius 2 is 2.17 bits per heavy atom. The van der Waals surface area contributed by atoms with E-state index in [0.717, 1.165) is 6.42 Å². The molecule has 1 aliphatic carbocycles. The number of oxazole rings is 1. The number of hydrogen-bond donors (Lipinski definition) is 1. The number of halogens is 1. The van der Waals surface area contributed by atoms with Crippen molar-refractivity contribution in [2.24, 2.45) is 16.6 Å². The molecule has 1 aliphatic heterocycles. The average Bonchev–Trinajstić information content (AvgIpc) is 3.31.